The second-order valence-corrected chi connectivity index (χ2v) is 22.0. The molecule has 402 valence electrons. The van der Waals surface area contributed by atoms with E-state index in [1.54, 1.807) is 41.7 Å². The largest absolute Gasteiger partial charge is 0.458 e. The highest BCUT2D eigenvalue weighted by Gasteiger charge is 2.60. The summed E-state index contributed by atoms with van der Waals surface area (Å²) in [5.74, 6) is -3.44. The Balaban J connectivity index is 1.23. The smallest absolute Gasteiger partial charge is 0.425 e. The van der Waals surface area contributed by atoms with Crippen LogP contribution in [0.3, 0.4) is 0 Å². The number of fused-ring (bicyclic) bond motifs is 4. The second kappa shape index (κ2) is 22.5. The number of likely N-dealkylation sites (N-methyl/N-ethyl adjacent to an activating group) is 1. The normalized spacial score (nSPS) is 39.6. The van der Waals surface area contributed by atoms with E-state index in [0.717, 1.165) is 27.4 Å². The maximum Gasteiger partial charge on any atom is 0.425 e. The van der Waals surface area contributed by atoms with Crippen LogP contribution in [0.1, 0.15) is 107 Å². The predicted molar refractivity (Wildman–Crippen MR) is 270 cm³/mol. The number of aromatic amines is 1. The van der Waals surface area contributed by atoms with Crippen molar-refractivity contribution >= 4 is 39.8 Å². The molecule has 4 fully saturated rings. The first-order valence-electron chi connectivity index (χ1n) is 26.0. The van der Waals surface area contributed by atoms with E-state index in [4.69, 9.17) is 37.9 Å². The van der Waals surface area contributed by atoms with Crippen molar-refractivity contribution in [2.45, 2.75) is 198 Å². The standard InChI is InChI=1S/C54H83N5O13/c1-15-40-54(10)45(59(51(64)72-54)55-25-19-21-35-20-18-23-37-36-22-16-17-24-38(36)57-42(35)37)33(6)56-48(62)29(2)27-53(9,66-14)47(71-50-43(60)39(58(11)12)26-30(3)67-50)31(4)44(32(5)49(63)69-40)70-41-28-52(8,65-13)46(61)34(7)68-41/h16-18,20,22-24,29-34,39-41,43-47,50,55,57,60-61H,15,19,21,25-28H2,1-14H3,(H,56,62)/t29-,30-,31+,32-,33?,34+,39+,40-,41+,43-,44+,45-,46+,47-,50+,52-,53+,54-/m1/s1. The van der Waals surface area contributed by atoms with Crippen LogP contribution < -0.4 is 10.7 Å². The van der Waals surface area contributed by atoms with Gasteiger partial charge in [-0.3, -0.25) is 9.59 Å². The predicted octanol–water partition coefficient (Wildman–Crippen LogP) is 5.98. The number of aliphatic hydroxyl groups excluding tert-OH is 2. The number of H-pyrrole nitrogens is 1. The lowest BCUT2D eigenvalue weighted by Gasteiger charge is -2.49. The Labute approximate surface area is 425 Å². The van der Waals surface area contributed by atoms with Crippen molar-refractivity contribution in [1.82, 2.24) is 25.6 Å². The summed E-state index contributed by atoms with van der Waals surface area (Å²) in [6.45, 7) is 18.5. The zero-order chi connectivity index (χ0) is 52.6. The van der Waals surface area contributed by atoms with E-state index in [1.807, 2.05) is 65.7 Å². The van der Waals surface area contributed by atoms with Crippen molar-refractivity contribution in [3.8, 4) is 0 Å². The number of para-hydroxylation sites is 2. The number of cyclic esters (lactones) is 1. The Kier molecular flexibility index (Phi) is 17.4. The molecule has 2 aromatic carbocycles. The lowest BCUT2D eigenvalue weighted by atomic mass is 9.77. The number of hydrazine groups is 1. The first kappa shape index (κ1) is 55.8. The molecule has 0 aliphatic carbocycles. The molecule has 0 radical (unpaired) electrons. The van der Waals surface area contributed by atoms with Crippen LogP contribution in [0.5, 0.6) is 0 Å². The highest BCUT2D eigenvalue weighted by Crippen LogP contribution is 2.43. The Morgan fingerprint density at radius 1 is 0.889 bits per heavy atom. The molecule has 18 heteroatoms. The monoisotopic (exact) mass is 1010 g/mol. The maximum atomic E-state index is 15.0. The molecular weight excluding hydrogens is 927 g/mol. The first-order valence-corrected chi connectivity index (χ1v) is 26.0. The van der Waals surface area contributed by atoms with Crippen LogP contribution in [-0.4, -0.2) is 168 Å². The molecule has 18 atom stereocenters. The zero-order valence-electron chi connectivity index (χ0n) is 44.9. The van der Waals surface area contributed by atoms with Crippen molar-refractivity contribution in [2.24, 2.45) is 17.8 Å². The molecule has 5 heterocycles. The lowest BCUT2D eigenvalue weighted by Crippen LogP contribution is -2.63. The number of carbonyl (C=O) groups excluding carboxylic acids is 3. The van der Waals surface area contributed by atoms with Gasteiger partial charge in [0.15, 0.2) is 18.2 Å². The summed E-state index contributed by atoms with van der Waals surface area (Å²) in [6.07, 6.45) is -6.41. The summed E-state index contributed by atoms with van der Waals surface area (Å²) in [4.78, 5) is 49.4. The van der Waals surface area contributed by atoms with Crippen LogP contribution in [0.4, 0.5) is 4.79 Å². The minimum atomic E-state index is -1.46. The van der Waals surface area contributed by atoms with E-state index < -0.39 is 108 Å². The van der Waals surface area contributed by atoms with Crippen LogP contribution >= 0.6 is 0 Å². The summed E-state index contributed by atoms with van der Waals surface area (Å²) < 4.78 is 51.7. The van der Waals surface area contributed by atoms with Gasteiger partial charge in [-0.1, -0.05) is 57.2 Å². The van der Waals surface area contributed by atoms with Crippen LogP contribution in [0, 0.1) is 17.8 Å². The molecule has 1 aromatic heterocycles. The summed E-state index contributed by atoms with van der Waals surface area (Å²) in [5, 5.41) is 30.0. The number of hydrogen-bond acceptors (Lipinski definition) is 15. The number of nitrogens with one attached hydrogen (secondary N) is 3. The second-order valence-electron chi connectivity index (χ2n) is 22.0. The molecule has 4 saturated heterocycles. The number of ether oxygens (including phenoxy) is 8. The van der Waals surface area contributed by atoms with Gasteiger partial charge >= 0.3 is 12.1 Å². The van der Waals surface area contributed by atoms with E-state index in [2.05, 4.69) is 46.1 Å². The molecule has 0 spiro atoms. The molecule has 0 bridgehead atoms. The Morgan fingerprint density at radius 3 is 2.26 bits per heavy atom. The van der Waals surface area contributed by atoms with Gasteiger partial charge < -0.3 is 63.3 Å². The average Bonchev–Trinajstić information content (AvgIpc) is 3.85. The number of esters is 1. The van der Waals surface area contributed by atoms with Gasteiger partial charge in [0.1, 0.15) is 24.4 Å². The molecule has 7 rings (SSSR count). The lowest BCUT2D eigenvalue weighted by molar-refractivity contribution is -0.319. The SMILES string of the molecule is CC[C@H]1OC(=O)[C@H](C)[C@@H](O[C@H]2C[C@@](C)(OC)[C@@H](O)[C@H](C)O2)[C@H](C)[C@@H](O[C@@H]2O[C@H](C)C[C@H](N(C)C)[C@H]2O)[C@@](C)(OC)C[C@@H](C)C(=O)NC(C)[C@H]2N(NCCCc3cccc4c3[nH]c3ccccc34)C(=O)O[C@]12C. The minimum Gasteiger partial charge on any atom is -0.458 e. The fourth-order valence-corrected chi connectivity index (χ4v) is 12.1. The molecule has 5 N–H and O–H groups in total. The van der Waals surface area contributed by atoms with Gasteiger partial charge in [-0.05, 0) is 106 Å². The number of carbonyl (C=O) groups is 3. The Hall–Kier alpha value is -3.95. The van der Waals surface area contributed by atoms with Crippen LogP contribution in [0.2, 0.25) is 0 Å². The number of aliphatic hydroxyl groups is 2. The van der Waals surface area contributed by atoms with Gasteiger partial charge in [-0.15, -0.1) is 0 Å². The van der Waals surface area contributed by atoms with Gasteiger partial charge in [0.05, 0.1) is 47.6 Å². The summed E-state index contributed by atoms with van der Waals surface area (Å²) in [7, 11) is 6.85. The first-order chi connectivity index (χ1) is 34.0. The number of rotatable bonds is 13. The third-order valence-electron chi connectivity index (χ3n) is 16.4. The van der Waals surface area contributed by atoms with E-state index in [0.29, 0.717) is 25.8 Å². The van der Waals surface area contributed by atoms with Gasteiger partial charge in [-0.2, -0.15) is 0 Å². The molecule has 3 aromatic rings. The highest BCUT2D eigenvalue weighted by molar-refractivity contribution is 6.08. The summed E-state index contributed by atoms with van der Waals surface area (Å²) in [5.41, 5.74) is 2.84. The molecule has 0 saturated carbocycles. The molecule has 72 heavy (non-hydrogen) atoms. The van der Waals surface area contributed by atoms with Gasteiger partial charge in [0.2, 0.25) is 5.91 Å². The van der Waals surface area contributed by atoms with Gasteiger partial charge in [0.25, 0.3) is 0 Å². The third-order valence-corrected chi connectivity index (χ3v) is 16.4. The maximum absolute atomic E-state index is 15.0. The fourth-order valence-electron chi connectivity index (χ4n) is 12.1. The number of benzene rings is 2. The Morgan fingerprint density at radius 2 is 1.58 bits per heavy atom. The van der Waals surface area contributed by atoms with E-state index >= 15 is 4.79 Å². The fraction of sp³-hybridized carbons (Fsp3) is 0.722. The van der Waals surface area contributed by atoms with Crippen LogP contribution in [0.25, 0.3) is 21.8 Å². The van der Waals surface area contributed by atoms with Gasteiger partial charge in [0, 0.05) is 66.9 Å². The van der Waals surface area contributed by atoms with Crippen molar-refractivity contribution in [2.75, 3.05) is 34.9 Å². The number of hydrogen-bond donors (Lipinski definition) is 5. The molecule has 2 amide bonds. The third kappa shape index (κ3) is 11.0. The number of aryl methyl sites for hydroxylation is 1. The van der Waals surface area contributed by atoms with E-state index in [1.165, 1.54) is 12.1 Å². The van der Waals surface area contributed by atoms with Crippen LogP contribution in [0.15, 0.2) is 42.5 Å². The number of amides is 2. The minimum absolute atomic E-state index is 0.114. The topological polar surface area (TPSA) is 212 Å². The summed E-state index contributed by atoms with van der Waals surface area (Å²) in [6, 6.07) is 12.6. The van der Waals surface area contributed by atoms with Crippen molar-refractivity contribution < 1.29 is 62.5 Å². The van der Waals surface area contributed by atoms with E-state index in [-0.39, 0.29) is 37.3 Å². The molecule has 4 aliphatic rings. The van der Waals surface area contributed by atoms with E-state index in [9.17, 15) is 19.8 Å². The van der Waals surface area contributed by atoms with Crippen molar-refractivity contribution in [3.05, 3.63) is 48.0 Å². The molecular formula is C54H83N5O13. The van der Waals surface area contributed by atoms with Gasteiger partial charge in [-0.25, -0.2) is 15.2 Å². The summed E-state index contributed by atoms with van der Waals surface area (Å²) >= 11 is 0. The van der Waals surface area contributed by atoms with Crippen molar-refractivity contribution in [3.63, 3.8) is 0 Å². The number of nitrogens with zero attached hydrogens (tertiary/aromatic N) is 2. The molecule has 1 unspecified atom stereocenters. The molecule has 4 aliphatic heterocycles. The molecule has 18 nitrogen and oxygen atoms in total. The quantitative estimate of drug-likeness (QED) is 0.0985. The number of aromatic nitrogens is 1. The highest BCUT2D eigenvalue weighted by atomic mass is 16.7. The number of methoxy groups -OCH3 is 2. The zero-order valence-corrected chi connectivity index (χ0v) is 44.9. The average molecular weight is 1010 g/mol. The Bertz CT molecular complexity index is 2350. The van der Waals surface area contributed by atoms with Crippen molar-refractivity contribution in [1.29, 1.82) is 0 Å². The van der Waals surface area contributed by atoms with Crippen LogP contribution in [-0.2, 0) is 53.9 Å².